The van der Waals surface area contributed by atoms with Crippen molar-refractivity contribution in [3.05, 3.63) is 0 Å². The standard InChI is InChI=1S/C14H29N/c1-2-3-4-5-8-11-14(15)12-9-6-7-10-13-14/h2-13,15H2,1H3. The monoisotopic (exact) mass is 211 g/mol. The second-order valence-electron chi connectivity index (χ2n) is 5.44. The molecule has 90 valence electrons. The Bertz CT molecular complexity index is 145. The number of hydrogen-bond acceptors (Lipinski definition) is 1. The number of hydrogen-bond donors (Lipinski definition) is 1. The molecule has 1 saturated carbocycles. The quantitative estimate of drug-likeness (QED) is 0.511. The molecule has 1 aliphatic rings. The maximum atomic E-state index is 6.47. The highest BCUT2D eigenvalue weighted by molar-refractivity contribution is 4.85. The first-order chi connectivity index (χ1) is 7.27. The van der Waals surface area contributed by atoms with Crippen molar-refractivity contribution in [3.63, 3.8) is 0 Å². The average Bonchev–Trinajstić information content (AvgIpc) is 2.43. The Balaban J connectivity index is 2.11. The van der Waals surface area contributed by atoms with Crippen molar-refractivity contribution in [3.8, 4) is 0 Å². The molecule has 15 heavy (non-hydrogen) atoms. The summed E-state index contributed by atoms with van der Waals surface area (Å²) in [4.78, 5) is 0. The molecule has 1 rings (SSSR count). The summed E-state index contributed by atoms with van der Waals surface area (Å²) in [6, 6.07) is 0. The molecule has 1 heteroatoms. The van der Waals surface area contributed by atoms with Gasteiger partial charge >= 0.3 is 0 Å². The molecular weight excluding hydrogens is 182 g/mol. The molecule has 1 fully saturated rings. The van der Waals surface area contributed by atoms with Crippen LogP contribution in [0.5, 0.6) is 0 Å². The molecule has 0 aromatic heterocycles. The van der Waals surface area contributed by atoms with Crippen LogP contribution < -0.4 is 5.73 Å². The van der Waals surface area contributed by atoms with E-state index in [9.17, 15) is 0 Å². The molecule has 2 N–H and O–H groups in total. The SMILES string of the molecule is CCCCCCCC1(N)CCCCCC1. The van der Waals surface area contributed by atoms with E-state index in [1.54, 1.807) is 0 Å². The normalized spacial score (nSPS) is 21.2. The van der Waals surface area contributed by atoms with Crippen molar-refractivity contribution in [2.24, 2.45) is 5.73 Å². The molecule has 0 amide bonds. The molecule has 0 heterocycles. The summed E-state index contributed by atoms with van der Waals surface area (Å²) in [6.07, 6.45) is 16.3. The second kappa shape index (κ2) is 7.27. The van der Waals surface area contributed by atoms with Gasteiger partial charge in [-0.15, -0.1) is 0 Å². The number of rotatable bonds is 6. The van der Waals surface area contributed by atoms with E-state index in [1.807, 2.05) is 0 Å². The van der Waals surface area contributed by atoms with E-state index in [-0.39, 0.29) is 5.54 Å². The van der Waals surface area contributed by atoms with Gasteiger partial charge in [0, 0.05) is 5.54 Å². The summed E-state index contributed by atoms with van der Waals surface area (Å²) in [7, 11) is 0. The summed E-state index contributed by atoms with van der Waals surface area (Å²) >= 11 is 0. The Morgan fingerprint density at radius 3 is 2.07 bits per heavy atom. The predicted octanol–water partition coefficient (Wildman–Crippen LogP) is 4.40. The highest BCUT2D eigenvalue weighted by Crippen LogP contribution is 2.29. The zero-order valence-corrected chi connectivity index (χ0v) is 10.6. The van der Waals surface area contributed by atoms with Crippen LogP contribution in [0.4, 0.5) is 0 Å². The molecule has 0 aliphatic heterocycles. The van der Waals surface area contributed by atoms with Crippen LogP contribution in [-0.2, 0) is 0 Å². The van der Waals surface area contributed by atoms with Gasteiger partial charge in [0.1, 0.15) is 0 Å². The van der Waals surface area contributed by atoms with Gasteiger partial charge < -0.3 is 5.73 Å². The van der Waals surface area contributed by atoms with E-state index < -0.39 is 0 Å². The second-order valence-corrected chi connectivity index (χ2v) is 5.44. The third-order valence-corrected chi connectivity index (χ3v) is 3.88. The fraction of sp³-hybridized carbons (Fsp3) is 1.00. The smallest absolute Gasteiger partial charge is 0.0154 e. The molecule has 0 radical (unpaired) electrons. The maximum absolute atomic E-state index is 6.47. The van der Waals surface area contributed by atoms with Gasteiger partial charge in [-0.25, -0.2) is 0 Å². The van der Waals surface area contributed by atoms with Gasteiger partial charge in [-0.3, -0.25) is 0 Å². The third-order valence-electron chi connectivity index (χ3n) is 3.88. The molecule has 1 nitrogen and oxygen atoms in total. The number of nitrogens with two attached hydrogens (primary N) is 1. The minimum atomic E-state index is 0.211. The lowest BCUT2D eigenvalue weighted by Gasteiger charge is -2.28. The molecule has 1 aliphatic carbocycles. The van der Waals surface area contributed by atoms with Gasteiger partial charge in [0.15, 0.2) is 0 Å². The molecule has 0 aromatic carbocycles. The minimum Gasteiger partial charge on any atom is -0.325 e. The van der Waals surface area contributed by atoms with Crippen LogP contribution in [-0.4, -0.2) is 5.54 Å². The van der Waals surface area contributed by atoms with Crippen molar-refractivity contribution in [2.75, 3.05) is 0 Å². The first-order valence-corrected chi connectivity index (χ1v) is 7.06. The highest BCUT2D eigenvalue weighted by Gasteiger charge is 2.24. The first kappa shape index (κ1) is 13.0. The summed E-state index contributed by atoms with van der Waals surface area (Å²) in [5.41, 5.74) is 6.68. The van der Waals surface area contributed by atoms with Gasteiger partial charge in [0.2, 0.25) is 0 Å². The van der Waals surface area contributed by atoms with Gasteiger partial charge in [-0.05, 0) is 19.3 Å². The third kappa shape index (κ3) is 5.55. The maximum Gasteiger partial charge on any atom is 0.0154 e. The summed E-state index contributed by atoms with van der Waals surface area (Å²) in [5, 5.41) is 0. The lowest BCUT2D eigenvalue weighted by molar-refractivity contribution is 0.331. The van der Waals surface area contributed by atoms with Crippen molar-refractivity contribution >= 4 is 0 Å². The van der Waals surface area contributed by atoms with E-state index in [4.69, 9.17) is 5.73 Å². The van der Waals surface area contributed by atoms with Crippen molar-refractivity contribution in [1.82, 2.24) is 0 Å². The van der Waals surface area contributed by atoms with Crippen LogP contribution in [0, 0.1) is 0 Å². The Kier molecular flexibility index (Phi) is 6.31. The zero-order chi connectivity index (χ0) is 11.0. The average molecular weight is 211 g/mol. The fourth-order valence-electron chi connectivity index (χ4n) is 2.76. The van der Waals surface area contributed by atoms with E-state index in [2.05, 4.69) is 6.92 Å². The van der Waals surface area contributed by atoms with Crippen molar-refractivity contribution < 1.29 is 0 Å². The lowest BCUT2D eigenvalue weighted by atomic mass is 9.86. The van der Waals surface area contributed by atoms with Crippen LogP contribution in [0.3, 0.4) is 0 Å². The number of unbranched alkanes of at least 4 members (excludes halogenated alkanes) is 4. The molecule has 0 atom stereocenters. The first-order valence-electron chi connectivity index (χ1n) is 7.06. The highest BCUT2D eigenvalue weighted by atomic mass is 14.7. The van der Waals surface area contributed by atoms with Crippen LogP contribution in [0.1, 0.15) is 84.0 Å². The Hall–Kier alpha value is -0.0400. The summed E-state index contributed by atoms with van der Waals surface area (Å²) in [5.74, 6) is 0. The predicted molar refractivity (Wildman–Crippen MR) is 68.0 cm³/mol. The lowest BCUT2D eigenvalue weighted by Crippen LogP contribution is -2.38. The molecule has 0 bridgehead atoms. The van der Waals surface area contributed by atoms with Gasteiger partial charge in [-0.2, -0.15) is 0 Å². The van der Waals surface area contributed by atoms with Crippen LogP contribution in [0.15, 0.2) is 0 Å². The minimum absolute atomic E-state index is 0.211. The van der Waals surface area contributed by atoms with Crippen LogP contribution in [0.25, 0.3) is 0 Å². The van der Waals surface area contributed by atoms with Crippen molar-refractivity contribution in [1.29, 1.82) is 0 Å². The topological polar surface area (TPSA) is 26.0 Å². The van der Waals surface area contributed by atoms with Gasteiger partial charge in [0.05, 0.1) is 0 Å². The Morgan fingerprint density at radius 1 is 0.867 bits per heavy atom. The largest absolute Gasteiger partial charge is 0.325 e. The molecule has 0 saturated heterocycles. The van der Waals surface area contributed by atoms with Crippen LogP contribution in [0.2, 0.25) is 0 Å². The zero-order valence-electron chi connectivity index (χ0n) is 10.6. The van der Waals surface area contributed by atoms with Gasteiger partial charge in [0.25, 0.3) is 0 Å². The molecular formula is C14H29N. The summed E-state index contributed by atoms with van der Waals surface area (Å²) < 4.78 is 0. The van der Waals surface area contributed by atoms with Crippen LogP contribution >= 0.6 is 0 Å². The van der Waals surface area contributed by atoms with E-state index in [1.165, 1.54) is 77.0 Å². The fourth-order valence-corrected chi connectivity index (χ4v) is 2.76. The molecule has 0 spiro atoms. The summed E-state index contributed by atoms with van der Waals surface area (Å²) in [6.45, 7) is 2.27. The van der Waals surface area contributed by atoms with Crippen molar-refractivity contribution in [2.45, 2.75) is 89.5 Å². The Morgan fingerprint density at radius 2 is 1.47 bits per heavy atom. The van der Waals surface area contributed by atoms with Gasteiger partial charge in [-0.1, -0.05) is 64.7 Å². The van der Waals surface area contributed by atoms with E-state index in [0.717, 1.165) is 0 Å². The van der Waals surface area contributed by atoms with E-state index in [0.29, 0.717) is 0 Å². The molecule has 0 aromatic rings. The van der Waals surface area contributed by atoms with E-state index >= 15 is 0 Å². The molecule has 0 unspecified atom stereocenters. The Labute approximate surface area is 95.8 Å².